The molecule has 0 bridgehead atoms. The summed E-state index contributed by atoms with van der Waals surface area (Å²) in [5.74, 6) is 2.04. The van der Waals surface area contributed by atoms with E-state index in [2.05, 4.69) is 0 Å². The minimum absolute atomic E-state index is 0.148. The van der Waals surface area contributed by atoms with Crippen molar-refractivity contribution < 1.29 is 14.2 Å². The molecule has 2 rings (SSSR count). The summed E-state index contributed by atoms with van der Waals surface area (Å²) in [4.78, 5) is 0. The van der Waals surface area contributed by atoms with Crippen molar-refractivity contribution in [2.45, 2.75) is 18.4 Å². The molecule has 0 amide bonds. The van der Waals surface area contributed by atoms with Gasteiger partial charge in [0.2, 0.25) is 0 Å². The molecule has 0 aliphatic carbocycles. The van der Waals surface area contributed by atoms with Gasteiger partial charge >= 0.3 is 0 Å². The maximum Gasteiger partial charge on any atom is 0.124 e. The number of benzene rings is 1. The highest BCUT2D eigenvalue weighted by molar-refractivity contribution is 6.17. The van der Waals surface area contributed by atoms with Crippen LogP contribution in [0, 0.1) is 0 Å². The zero-order valence-corrected chi connectivity index (χ0v) is 10.00. The van der Waals surface area contributed by atoms with Crippen LogP contribution in [0.25, 0.3) is 0 Å². The summed E-state index contributed by atoms with van der Waals surface area (Å²) < 4.78 is 16.2. The standard InChI is InChI=1S/C12H15ClO3/c1-14-10-2-3-12(9(6-10)7-13)16-11-4-5-15-8-11/h2-3,6,11H,4-5,7-8H2,1H3. The summed E-state index contributed by atoms with van der Waals surface area (Å²) in [6.07, 6.45) is 1.09. The molecule has 0 aromatic heterocycles. The Balaban J connectivity index is 2.12. The van der Waals surface area contributed by atoms with Crippen LogP contribution < -0.4 is 9.47 Å². The Labute approximate surface area is 100 Å². The second-order valence-electron chi connectivity index (χ2n) is 3.71. The lowest BCUT2D eigenvalue weighted by Gasteiger charge is -2.15. The molecule has 4 heteroatoms. The molecule has 88 valence electrons. The maximum atomic E-state index is 5.88. The van der Waals surface area contributed by atoms with E-state index in [1.165, 1.54) is 0 Å². The maximum absolute atomic E-state index is 5.88. The number of alkyl halides is 1. The number of methoxy groups -OCH3 is 1. The van der Waals surface area contributed by atoms with Gasteiger partial charge in [0.1, 0.15) is 17.6 Å². The second kappa shape index (κ2) is 5.41. The molecule has 1 atom stereocenters. The van der Waals surface area contributed by atoms with Crippen LogP contribution in [-0.2, 0) is 10.6 Å². The second-order valence-corrected chi connectivity index (χ2v) is 3.98. The Hall–Kier alpha value is -0.930. The number of rotatable bonds is 4. The SMILES string of the molecule is COc1ccc(OC2CCOC2)c(CCl)c1. The van der Waals surface area contributed by atoms with Gasteiger partial charge in [-0.2, -0.15) is 0 Å². The van der Waals surface area contributed by atoms with Crippen LogP contribution in [-0.4, -0.2) is 26.4 Å². The molecule has 1 aliphatic heterocycles. The van der Waals surface area contributed by atoms with Crippen LogP contribution in [0.15, 0.2) is 18.2 Å². The Bertz CT molecular complexity index is 348. The third-order valence-corrected chi connectivity index (χ3v) is 2.88. The molecular formula is C12H15ClO3. The minimum Gasteiger partial charge on any atom is -0.497 e. The van der Waals surface area contributed by atoms with Crippen LogP contribution in [0.1, 0.15) is 12.0 Å². The molecule has 0 radical (unpaired) electrons. The fraction of sp³-hybridized carbons (Fsp3) is 0.500. The van der Waals surface area contributed by atoms with Gasteiger partial charge in [0.25, 0.3) is 0 Å². The summed E-state index contributed by atoms with van der Waals surface area (Å²) in [5.41, 5.74) is 0.952. The quantitative estimate of drug-likeness (QED) is 0.760. The summed E-state index contributed by atoms with van der Waals surface area (Å²) in [6, 6.07) is 5.67. The van der Waals surface area contributed by atoms with Crippen LogP contribution in [0.3, 0.4) is 0 Å². The normalized spacial score (nSPS) is 19.8. The largest absolute Gasteiger partial charge is 0.497 e. The third-order valence-electron chi connectivity index (χ3n) is 2.59. The van der Waals surface area contributed by atoms with Crippen molar-refractivity contribution in [3.8, 4) is 11.5 Å². The minimum atomic E-state index is 0.148. The molecule has 1 saturated heterocycles. The number of hydrogen-bond acceptors (Lipinski definition) is 3. The van der Waals surface area contributed by atoms with E-state index in [0.717, 1.165) is 30.1 Å². The zero-order valence-electron chi connectivity index (χ0n) is 9.24. The molecule has 1 heterocycles. The lowest BCUT2D eigenvalue weighted by molar-refractivity contribution is 0.140. The molecule has 1 aliphatic rings. The smallest absolute Gasteiger partial charge is 0.124 e. The highest BCUT2D eigenvalue weighted by Gasteiger charge is 2.18. The van der Waals surface area contributed by atoms with Crippen molar-refractivity contribution in [3.63, 3.8) is 0 Å². The van der Waals surface area contributed by atoms with Gasteiger partial charge in [-0.05, 0) is 18.2 Å². The van der Waals surface area contributed by atoms with Gasteiger partial charge in [-0.25, -0.2) is 0 Å². The molecule has 1 aromatic rings. The van der Waals surface area contributed by atoms with E-state index >= 15 is 0 Å². The zero-order chi connectivity index (χ0) is 11.4. The first-order valence-corrected chi connectivity index (χ1v) is 5.84. The molecular weight excluding hydrogens is 228 g/mol. The van der Waals surface area contributed by atoms with Crippen molar-refractivity contribution in [2.75, 3.05) is 20.3 Å². The number of ether oxygens (including phenoxy) is 3. The van der Waals surface area contributed by atoms with Gasteiger partial charge in [-0.1, -0.05) is 0 Å². The van der Waals surface area contributed by atoms with Crippen LogP contribution in [0.2, 0.25) is 0 Å². The first-order valence-electron chi connectivity index (χ1n) is 5.30. The fourth-order valence-electron chi connectivity index (χ4n) is 1.69. The summed E-state index contributed by atoms with van der Waals surface area (Å²) in [6.45, 7) is 1.44. The summed E-state index contributed by atoms with van der Waals surface area (Å²) in [7, 11) is 1.64. The Morgan fingerprint density at radius 1 is 1.50 bits per heavy atom. The van der Waals surface area contributed by atoms with E-state index in [1.54, 1.807) is 7.11 Å². The monoisotopic (exact) mass is 242 g/mol. The number of halogens is 1. The van der Waals surface area contributed by atoms with E-state index in [4.69, 9.17) is 25.8 Å². The van der Waals surface area contributed by atoms with E-state index in [1.807, 2.05) is 18.2 Å². The van der Waals surface area contributed by atoms with Crippen LogP contribution in [0.4, 0.5) is 0 Å². The Kier molecular flexibility index (Phi) is 3.91. The van der Waals surface area contributed by atoms with Crippen molar-refractivity contribution in [1.82, 2.24) is 0 Å². The summed E-state index contributed by atoms with van der Waals surface area (Å²) >= 11 is 5.88. The van der Waals surface area contributed by atoms with Crippen molar-refractivity contribution >= 4 is 11.6 Å². The molecule has 3 nitrogen and oxygen atoms in total. The highest BCUT2D eigenvalue weighted by Crippen LogP contribution is 2.27. The van der Waals surface area contributed by atoms with Gasteiger partial charge in [-0.15, -0.1) is 11.6 Å². The van der Waals surface area contributed by atoms with Gasteiger partial charge in [0, 0.05) is 12.0 Å². The van der Waals surface area contributed by atoms with E-state index < -0.39 is 0 Å². The molecule has 0 N–H and O–H groups in total. The molecule has 0 saturated carbocycles. The van der Waals surface area contributed by atoms with Crippen molar-refractivity contribution in [3.05, 3.63) is 23.8 Å². The van der Waals surface area contributed by atoms with E-state index in [0.29, 0.717) is 12.5 Å². The average Bonchev–Trinajstić information content (AvgIpc) is 2.82. The summed E-state index contributed by atoms with van der Waals surface area (Å²) in [5, 5.41) is 0. The van der Waals surface area contributed by atoms with Crippen LogP contribution in [0.5, 0.6) is 11.5 Å². The molecule has 1 fully saturated rings. The topological polar surface area (TPSA) is 27.7 Å². The van der Waals surface area contributed by atoms with E-state index in [9.17, 15) is 0 Å². The fourth-order valence-corrected chi connectivity index (χ4v) is 1.90. The molecule has 1 aromatic carbocycles. The van der Waals surface area contributed by atoms with Gasteiger partial charge in [0.15, 0.2) is 0 Å². The lowest BCUT2D eigenvalue weighted by Crippen LogP contribution is -2.16. The Morgan fingerprint density at radius 2 is 2.38 bits per heavy atom. The Morgan fingerprint density at radius 3 is 3.00 bits per heavy atom. The lowest BCUT2D eigenvalue weighted by atomic mass is 10.2. The van der Waals surface area contributed by atoms with Gasteiger partial charge in [0.05, 0.1) is 26.2 Å². The first kappa shape index (κ1) is 11.6. The third kappa shape index (κ3) is 2.60. The molecule has 0 spiro atoms. The van der Waals surface area contributed by atoms with Gasteiger partial charge < -0.3 is 14.2 Å². The van der Waals surface area contributed by atoms with E-state index in [-0.39, 0.29) is 6.10 Å². The first-order chi connectivity index (χ1) is 7.83. The predicted molar refractivity (Wildman–Crippen MR) is 62.4 cm³/mol. The molecule has 16 heavy (non-hydrogen) atoms. The van der Waals surface area contributed by atoms with Crippen LogP contribution >= 0.6 is 11.6 Å². The predicted octanol–water partition coefficient (Wildman–Crippen LogP) is 2.60. The average molecular weight is 243 g/mol. The van der Waals surface area contributed by atoms with Gasteiger partial charge in [-0.3, -0.25) is 0 Å². The van der Waals surface area contributed by atoms with Crippen molar-refractivity contribution in [2.24, 2.45) is 0 Å². The highest BCUT2D eigenvalue weighted by atomic mass is 35.5. The molecule has 1 unspecified atom stereocenters. The van der Waals surface area contributed by atoms with Crippen molar-refractivity contribution in [1.29, 1.82) is 0 Å². The number of hydrogen-bond donors (Lipinski definition) is 0.